The summed E-state index contributed by atoms with van der Waals surface area (Å²) in [5, 5.41) is -4.53. The Hall–Kier alpha value is -4.63. The molecule has 0 aliphatic heterocycles. The SMILES string of the molecule is C=C(C)C(=O)Oc1ccc(C(c2ccccc2)(c2ccccc2)S(=O)(=O)C(F)(F)COC(=O)c2ccccc2)cc1. The molecule has 0 radical (unpaired) electrons. The quantitative estimate of drug-likeness (QED) is 0.0950. The molecule has 0 N–H and O–H groups in total. The van der Waals surface area contributed by atoms with E-state index >= 15 is 8.78 Å². The average Bonchev–Trinajstić information content (AvgIpc) is 2.98. The van der Waals surface area contributed by atoms with Crippen LogP contribution in [0.25, 0.3) is 0 Å². The molecule has 210 valence electrons. The van der Waals surface area contributed by atoms with E-state index in [0.717, 1.165) is 0 Å². The molecule has 0 bridgehead atoms. The predicted octanol–water partition coefficient (Wildman–Crippen LogP) is 6.32. The molecule has 0 aromatic heterocycles. The Morgan fingerprint density at radius 1 is 0.732 bits per heavy atom. The maximum atomic E-state index is 16.0. The number of sulfone groups is 1. The van der Waals surface area contributed by atoms with Crippen molar-refractivity contribution in [1.29, 1.82) is 0 Å². The van der Waals surface area contributed by atoms with Crippen LogP contribution >= 0.6 is 0 Å². The fourth-order valence-electron chi connectivity index (χ4n) is 4.37. The van der Waals surface area contributed by atoms with E-state index in [4.69, 9.17) is 9.47 Å². The summed E-state index contributed by atoms with van der Waals surface area (Å²) < 4.78 is 68.3. The zero-order chi connectivity index (χ0) is 29.7. The molecule has 4 rings (SSSR count). The molecule has 6 nitrogen and oxygen atoms in total. The number of hydrogen-bond acceptors (Lipinski definition) is 6. The van der Waals surface area contributed by atoms with Crippen LogP contribution < -0.4 is 4.74 Å². The Bertz CT molecular complexity index is 1600. The Morgan fingerprint density at radius 3 is 1.63 bits per heavy atom. The van der Waals surface area contributed by atoms with Crippen LogP contribution in [0.4, 0.5) is 8.78 Å². The van der Waals surface area contributed by atoms with Crippen molar-refractivity contribution in [3.8, 4) is 5.75 Å². The lowest BCUT2D eigenvalue weighted by Crippen LogP contribution is -2.49. The van der Waals surface area contributed by atoms with Crippen LogP contribution in [0.5, 0.6) is 5.75 Å². The van der Waals surface area contributed by atoms with Crippen molar-refractivity contribution in [2.24, 2.45) is 0 Å². The van der Waals surface area contributed by atoms with E-state index in [9.17, 15) is 18.0 Å². The van der Waals surface area contributed by atoms with Crippen LogP contribution in [0, 0.1) is 0 Å². The van der Waals surface area contributed by atoms with Gasteiger partial charge in [0.25, 0.3) is 0 Å². The maximum Gasteiger partial charge on any atom is 0.380 e. The average molecular weight is 577 g/mol. The van der Waals surface area contributed by atoms with Crippen LogP contribution in [0.1, 0.15) is 34.0 Å². The molecule has 0 spiro atoms. The molecule has 41 heavy (non-hydrogen) atoms. The lowest BCUT2D eigenvalue weighted by Gasteiger charge is -2.37. The number of carbonyl (C=O) groups excluding carboxylic acids is 2. The highest BCUT2D eigenvalue weighted by atomic mass is 32.2. The Balaban J connectivity index is 1.88. The number of benzene rings is 4. The van der Waals surface area contributed by atoms with Crippen molar-refractivity contribution in [3.05, 3.63) is 150 Å². The first-order valence-corrected chi connectivity index (χ1v) is 13.9. The molecular formula is C32H26F2O6S. The van der Waals surface area contributed by atoms with E-state index in [1.165, 1.54) is 79.7 Å². The Kier molecular flexibility index (Phi) is 8.49. The summed E-state index contributed by atoms with van der Waals surface area (Å²) in [7, 11) is -5.58. The van der Waals surface area contributed by atoms with Crippen molar-refractivity contribution in [3.63, 3.8) is 0 Å². The molecule has 0 aliphatic carbocycles. The van der Waals surface area contributed by atoms with E-state index in [1.54, 1.807) is 42.5 Å². The summed E-state index contributed by atoms with van der Waals surface area (Å²) in [6, 6.07) is 27.9. The molecular weight excluding hydrogens is 550 g/mol. The number of ether oxygens (including phenoxy) is 2. The summed E-state index contributed by atoms with van der Waals surface area (Å²) in [5.74, 6) is -1.72. The highest BCUT2D eigenvalue weighted by Gasteiger charge is 2.61. The summed E-state index contributed by atoms with van der Waals surface area (Å²) in [4.78, 5) is 24.5. The van der Waals surface area contributed by atoms with Crippen LogP contribution in [0.15, 0.2) is 127 Å². The van der Waals surface area contributed by atoms with Gasteiger partial charge in [0.05, 0.1) is 5.56 Å². The van der Waals surface area contributed by atoms with Gasteiger partial charge in [-0.3, -0.25) is 0 Å². The van der Waals surface area contributed by atoms with E-state index < -0.39 is 38.4 Å². The van der Waals surface area contributed by atoms with Gasteiger partial charge in [0.2, 0.25) is 9.84 Å². The lowest BCUT2D eigenvalue weighted by molar-refractivity contribution is -0.130. The fourth-order valence-corrected chi connectivity index (χ4v) is 6.37. The summed E-state index contributed by atoms with van der Waals surface area (Å²) >= 11 is 0. The second-order valence-corrected chi connectivity index (χ2v) is 11.4. The van der Waals surface area contributed by atoms with Crippen molar-refractivity contribution >= 4 is 21.8 Å². The van der Waals surface area contributed by atoms with Crippen molar-refractivity contribution in [2.75, 3.05) is 6.61 Å². The van der Waals surface area contributed by atoms with Gasteiger partial charge in [0, 0.05) is 5.57 Å². The van der Waals surface area contributed by atoms with Gasteiger partial charge in [0.15, 0.2) is 11.4 Å². The summed E-state index contributed by atoms with van der Waals surface area (Å²) in [5.41, 5.74) is 0.167. The van der Waals surface area contributed by atoms with E-state index in [-0.39, 0.29) is 33.6 Å². The number of halogens is 2. The molecule has 0 fully saturated rings. The minimum atomic E-state index is -5.58. The van der Waals surface area contributed by atoms with Crippen LogP contribution in [0.3, 0.4) is 0 Å². The molecule has 0 heterocycles. The minimum absolute atomic E-state index is 0.00187. The molecule has 0 saturated carbocycles. The molecule has 0 atom stereocenters. The van der Waals surface area contributed by atoms with Crippen LogP contribution in [-0.4, -0.2) is 32.2 Å². The number of hydrogen-bond donors (Lipinski definition) is 0. The standard InChI is InChI=1S/C32H26F2O6S/c1-23(2)29(35)40-28-20-18-27(19-21-28)32(25-14-8-4-9-15-25,26-16-10-5-11-17-26)41(37,38)31(33,34)22-39-30(36)24-12-6-3-7-13-24/h3-21H,1,22H2,2H3. The molecule has 4 aromatic rings. The second-order valence-electron chi connectivity index (χ2n) is 9.19. The highest BCUT2D eigenvalue weighted by Crippen LogP contribution is 2.49. The zero-order valence-corrected chi connectivity index (χ0v) is 22.8. The Morgan fingerprint density at radius 2 is 1.17 bits per heavy atom. The van der Waals surface area contributed by atoms with Crippen molar-refractivity contribution < 1.29 is 36.3 Å². The first-order chi connectivity index (χ1) is 19.5. The normalized spacial score (nSPS) is 11.9. The summed E-state index contributed by atoms with van der Waals surface area (Å²) in [6.45, 7) is 3.28. The number of rotatable bonds is 10. The lowest BCUT2D eigenvalue weighted by atomic mass is 9.84. The van der Waals surface area contributed by atoms with Gasteiger partial charge < -0.3 is 9.47 Å². The monoisotopic (exact) mass is 576 g/mol. The van der Waals surface area contributed by atoms with Crippen LogP contribution in [0.2, 0.25) is 0 Å². The zero-order valence-electron chi connectivity index (χ0n) is 22.0. The smallest absolute Gasteiger partial charge is 0.380 e. The third kappa shape index (κ3) is 5.67. The van der Waals surface area contributed by atoms with Gasteiger partial charge in [-0.15, -0.1) is 0 Å². The van der Waals surface area contributed by atoms with E-state index in [1.807, 2.05) is 0 Å². The fraction of sp³-hybridized carbons (Fsp3) is 0.125. The number of carbonyl (C=O) groups is 2. The van der Waals surface area contributed by atoms with Crippen LogP contribution in [-0.2, 0) is 24.1 Å². The van der Waals surface area contributed by atoms with E-state index in [0.29, 0.717) is 0 Å². The number of alkyl halides is 2. The molecule has 4 aromatic carbocycles. The van der Waals surface area contributed by atoms with Crippen molar-refractivity contribution in [2.45, 2.75) is 16.9 Å². The second kappa shape index (κ2) is 11.9. The van der Waals surface area contributed by atoms with E-state index in [2.05, 4.69) is 6.58 Å². The molecule has 0 saturated heterocycles. The van der Waals surface area contributed by atoms with Gasteiger partial charge in [-0.25, -0.2) is 18.0 Å². The van der Waals surface area contributed by atoms with Gasteiger partial charge in [-0.2, -0.15) is 8.78 Å². The van der Waals surface area contributed by atoms with Gasteiger partial charge in [0.1, 0.15) is 5.75 Å². The van der Waals surface area contributed by atoms with Crippen molar-refractivity contribution in [1.82, 2.24) is 0 Å². The molecule has 9 heteroatoms. The minimum Gasteiger partial charge on any atom is -0.454 e. The Labute approximate surface area is 236 Å². The number of esters is 2. The van der Waals surface area contributed by atoms with Gasteiger partial charge in [-0.1, -0.05) is 97.6 Å². The molecule has 0 unspecified atom stereocenters. The van der Waals surface area contributed by atoms with Gasteiger partial charge >= 0.3 is 17.2 Å². The summed E-state index contributed by atoms with van der Waals surface area (Å²) in [6.07, 6.45) is 0. The largest absolute Gasteiger partial charge is 0.454 e. The topological polar surface area (TPSA) is 86.7 Å². The first-order valence-electron chi connectivity index (χ1n) is 12.4. The molecule has 0 amide bonds. The highest BCUT2D eigenvalue weighted by molar-refractivity contribution is 7.93. The van der Waals surface area contributed by atoms with Gasteiger partial charge in [-0.05, 0) is 47.9 Å². The first kappa shape index (κ1) is 29.4. The third-order valence-corrected chi connectivity index (χ3v) is 8.77. The third-order valence-electron chi connectivity index (χ3n) is 6.36. The molecule has 0 aliphatic rings. The predicted molar refractivity (Wildman–Crippen MR) is 150 cm³/mol. The maximum absolute atomic E-state index is 16.0.